The molecule has 0 radical (unpaired) electrons. The van der Waals surface area contributed by atoms with Crippen LogP contribution in [0.2, 0.25) is 0 Å². The molecular formula is C16H32O3. The molecule has 114 valence electrons. The Morgan fingerprint density at radius 3 is 2.21 bits per heavy atom. The van der Waals surface area contributed by atoms with Crippen LogP contribution >= 0.6 is 0 Å². The fourth-order valence-electron chi connectivity index (χ4n) is 2.24. The van der Waals surface area contributed by atoms with Crippen molar-refractivity contribution in [2.45, 2.75) is 86.2 Å². The molecular weight excluding hydrogens is 240 g/mol. The van der Waals surface area contributed by atoms with Crippen molar-refractivity contribution in [1.82, 2.24) is 0 Å². The van der Waals surface area contributed by atoms with Gasteiger partial charge in [-0.25, -0.2) is 4.79 Å². The summed E-state index contributed by atoms with van der Waals surface area (Å²) >= 11 is 0. The maximum absolute atomic E-state index is 11.7. The molecule has 0 saturated heterocycles. The predicted molar refractivity (Wildman–Crippen MR) is 78.6 cm³/mol. The highest BCUT2D eigenvalue weighted by molar-refractivity contribution is 5.68. The Bertz CT molecular complexity index is 264. The van der Waals surface area contributed by atoms with Gasteiger partial charge in [-0.1, -0.05) is 47.5 Å². The quantitative estimate of drug-likeness (QED) is 0.466. The van der Waals surface area contributed by atoms with Crippen LogP contribution in [0.4, 0.5) is 0 Å². The molecule has 0 bridgehead atoms. The van der Waals surface area contributed by atoms with Crippen molar-refractivity contribution >= 4 is 5.97 Å². The molecule has 0 amide bonds. The van der Waals surface area contributed by atoms with Gasteiger partial charge in [0.25, 0.3) is 0 Å². The minimum atomic E-state index is -0.390. The molecule has 19 heavy (non-hydrogen) atoms. The first-order chi connectivity index (χ1) is 8.56. The Hall–Kier alpha value is -0.570. The van der Waals surface area contributed by atoms with Gasteiger partial charge in [-0.3, -0.25) is 4.89 Å². The lowest BCUT2D eigenvalue weighted by Crippen LogP contribution is -2.27. The first kappa shape index (κ1) is 18.4. The van der Waals surface area contributed by atoms with Crippen LogP contribution < -0.4 is 0 Å². The average molecular weight is 272 g/mol. The van der Waals surface area contributed by atoms with Crippen LogP contribution in [0, 0.1) is 11.3 Å². The second-order valence-corrected chi connectivity index (χ2v) is 7.48. The molecule has 0 aliphatic rings. The van der Waals surface area contributed by atoms with Gasteiger partial charge in [-0.2, -0.15) is 4.89 Å². The van der Waals surface area contributed by atoms with E-state index in [2.05, 4.69) is 34.6 Å². The number of carbonyl (C=O) groups is 1. The van der Waals surface area contributed by atoms with E-state index >= 15 is 0 Å². The average Bonchev–Trinajstić information content (AvgIpc) is 2.21. The first-order valence-corrected chi connectivity index (χ1v) is 7.44. The molecule has 0 fully saturated rings. The zero-order valence-corrected chi connectivity index (χ0v) is 13.8. The first-order valence-electron chi connectivity index (χ1n) is 7.44. The summed E-state index contributed by atoms with van der Waals surface area (Å²) in [7, 11) is 0. The molecule has 0 saturated carbocycles. The van der Waals surface area contributed by atoms with Crippen molar-refractivity contribution in [3.8, 4) is 0 Å². The molecule has 3 heteroatoms. The lowest BCUT2D eigenvalue weighted by Gasteiger charge is -2.24. The SMILES string of the molecule is CCCCC(C)(C)OOC(=O)CC(C)CC(C)(C)C. The number of carbonyl (C=O) groups excluding carboxylic acids is 1. The second kappa shape index (κ2) is 7.88. The monoisotopic (exact) mass is 272 g/mol. The van der Waals surface area contributed by atoms with E-state index in [9.17, 15) is 4.79 Å². The molecule has 0 N–H and O–H groups in total. The maximum atomic E-state index is 11.7. The summed E-state index contributed by atoms with van der Waals surface area (Å²) in [6, 6.07) is 0. The molecule has 0 aromatic heterocycles. The van der Waals surface area contributed by atoms with E-state index in [-0.39, 0.29) is 17.0 Å². The predicted octanol–water partition coefficient (Wildman–Crippen LogP) is 4.89. The largest absolute Gasteiger partial charge is 0.342 e. The highest BCUT2D eigenvalue weighted by Crippen LogP contribution is 2.26. The molecule has 1 unspecified atom stereocenters. The number of hydrogen-bond donors (Lipinski definition) is 0. The fourth-order valence-corrected chi connectivity index (χ4v) is 2.24. The van der Waals surface area contributed by atoms with Crippen LogP contribution in [0.1, 0.15) is 80.6 Å². The van der Waals surface area contributed by atoms with Crippen molar-refractivity contribution in [1.29, 1.82) is 0 Å². The Morgan fingerprint density at radius 1 is 1.16 bits per heavy atom. The van der Waals surface area contributed by atoms with Gasteiger partial charge >= 0.3 is 5.97 Å². The third-order valence-corrected chi connectivity index (χ3v) is 2.97. The van der Waals surface area contributed by atoms with Gasteiger partial charge in [0.15, 0.2) is 0 Å². The number of unbranched alkanes of at least 4 members (excludes halogenated alkanes) is 1. The second-order valence-electron chi connectivity index (χ2n) is 7.48. The van der Waals surface area contributed by atoms with Gasteiger partial charge in [-0.15, -0.1) is 0 Å². The summed E-state index contributed by atoms with van der Waals surface area (Å²) in [6.45, 7) is 14.7. The molecule has 0 aliphatic carbocycles. The van der Waals surface area contributed by atoms with Crippen molar-refractivity contribution < 1.29 is 14.6 Å². The smallest absolute Gasteiger partial charge is 0.298 e. The summed E-state index contributed by atoms with van der Waals surface area (Å²) in [5.41, 5.74) is -0.153. The normalized spacial score (nSPS) is 14.3. The molecule has 0 heterocycles. The summed E-state index contributed by atoms with van der Waals surface area (Å²) in [5.74, 6) is 0.0520. The molecule has 3 nitrogen and oxygen atoms in total. The van der Waals surface area contributed by atoms with Crippen LogP contribution in [0.5, 0.6) is 0 Å². The Labute approximate surface area is 119 Å². The van der Waals surface area contributed by atoms with E-state index in [1.807, 2.05) is 13.8 Å². The van der Waals surface area contributed by atoms with Crippen LogP contribution in [-0.4, -0.2) is 11.6 Å². The minimum absolute atomic E-state index is 0.237. The van der Waals surface area contributed by atoms with Gasteiger partial charge in [0.05, 0.1) is 6.42 Å². The molecule has 0 spiro atoms. The van der Waals surface area contributed by atoms with E-state index in [1.165, 1.54) is 0 Å². The fraction of sp³-hybridized carbons (Fsp3) is 0.938. The van der Waals surface area contributed by atoms with Crippen molar-refractivity contribution in [3.63, 3.8) is 0 Å². The topological polar surface area (TPSA) is 35.5 Å². The minimum Gasteiger partial charge on any atom is -0.298 e. The third-order valence-electron chi connectivity index (χ3n) is 2.97. The van der Waals surface area contributed by atoms with Gasteiger partial charge < -0.3 is 0 Å². The van der Waals surface area contributed by atoms with Gasteiger partial charge in [0, 0.05) is 0 Å². The zero-order valence-electron chi connectivity index (χ0n) is 13.8. The lowest BCUT2D eigenvalue weighted by atomic mass is 9.84. The Kier molecular flexibility index (Phi) is 7.65. The Balaban J connectivity index is 3.98. The summed E-state index contributed by atoms with van der Waals surface area (Å²) in [6.07, 6.45) is 4.51. The third kappa shape index (κ3) is 11.0. The lowest BCUT2D eigenvalue weighted by molar-refractivity contribution is -0.326. The van der Waals surface area contributed by atoms with E-state index in [4.69, 9.17) is 9.78 Å². The summed E-state index contributed by atoms with van der Waals surface area (Å²) in [4.78, 5) is 21.9. The molecule has 0 aliphatic heterocycles. The highest BCUT2D eigenvalue weighted by Gasteiger charge is 2.23. The highest BCUT2D eigenvalue weighted by atomic mass is 17.2. The number of rotatable bonds is 8. The maximum Gasteiger partial charge on any atom is 0.342 e. The number of hydrogen-bond acceptors (Lipinski definition) is 3. The standard InChI is InChI=1S/C16H32O3/c1-8-9-10-16(6,7)19-18-14(17)11-13(2)12-15(3,4)5/h13H,8-12H2,1-7H3. The van der Waals surface area contributed by atoms with E-state index in [0.717, 1.165) is 25.7 Å². The Morgan fingerprint density at radius 2 is 1.74 bits per heavy atom. The zero-order chi connectivity index (χ0) is 15.1. The van der Waals surface area contributed by atoms with E-state index in [1.54, 1.807) is 0 Å². The van der Waals surface area contributed by atoms with Gasteiger partial charge in [-0.05, 0) is 38.0 Å². The van der Waals surface area contributed by atoms with Crippen LogP contribution in [-0.2, 0) is 14.6 Å². The van der Waals surface area contributed by atoms with Crippen LogP contribution in [0.15, 0.2) is 0 Å². The summed E-state index contributed by atoms with van der Waals surface area (Å²) in [5, 5.41) is 0. The van der Waals surface area contributed by atoms with Crippen LogP contribution in [0.3, 0.4) is 0 Å². The molecule has 0 aromatic rings. The van der Waals surface area contributed by atoms with E-state index < -0.39 is 0 Å². The van der Waals surface area contributed by atoms with Crippen molar-refractivity contribution in [2.75, 3.05) is 0 Å². The van der Waals surface area contributed by atoms with E-state index in [0.29, 0.717) is 12.3 Å². The van der Waals surface area contributed by atoms with Crippen molar-refractivity contribution in [3.05, 3.63) is 0 Å². The van der Waals surface area contributed by atoms with Gasteiger partial charge in [0.1, 0.15) is 5.60 Å². The molecule has 0 aromatic carbocycles. The van der Waals surface area contributed by atoms with Crippen molar-refractivity contribution in [2.24, 2.45) is 11.3 Å². The van der Waals surface area contributed by atoms with Gasteiger partial charge in [0.2, 0.25) is 0 Å². The molecule has 0 rings (SSSR count). The van der Waals surface area contributed by atoms with Crippen LogP contribution in [0.25, 0.3) is 0 Å². The summed E-state index contributed by atoms with van der Waals surface area (Å²) < 4.78 is 0. The molecule has 1 atom stereocenters.